The standard InChI is InChI=1S/C24H21FN2O4S/c25-21-12-11-19(16-22(21)32(30,31)27-13-4-5-14-27)24(29)26-20-10-6-9-18(15-20)23(28)17-7-2-1-3-8-17/h1-3,6-12,15-16H,4-5,13-14H2,(H,26,29). The normalized spacial score (nSPS) is 14.3. The van der Waals surface area contributed by atoms with Gasteiger partial charge >= 0.3 is 0 Å². The van der Waals surface area contributed by atoms with E-state index in [4.69, 9.17) is 0 Å². The van der Waals surface area contributed by atoms with Crippen molar-refractivity contribution < 1.29 is 22.4 Å². The average Bonchev–Trinajstić information content (AvgIpc) is 3.35. The summed E-state index contributed by atoms with van der Waals surface area (Å²) in [4.78, 5) is 24.9. The number of ketones is 1. The predicted octanol–water partition coefficient (Wildman–Crippen LogP) is 4.09. The van der Waals surface area contributed by atoms with Crippen LogP contribution in [0.4, 0.5) is 10.1 Å². The summed E-state index contributed by atoms with van der Waals surface area (Å²) in [5.74, 6) is -1.70. The molecule has 0 bridgehead atoms. The first-order valence-electron chi connectivity index (χ1n) is 10.2. The topological polar surface area (TPSA) is 83.5 Å². The molecule has 4 rings (SSSR count). The van der Waals surface area contributed by atoms with Crippen molar-refractivity contribution in [1.29, 1.82) is 0 Å². The maximum Gasteiger partial charge on any atom is 0.255 e. The quantitative estimate of drug-likeness (QED) is 0.571. The zero-order valence-electron chi connectivity index (χ0n) is 17.1. The van der Waals surface area contributed by atoms with Crippen LogP contribution in [-0.4, -0.2) is 37.5 Å². The highest BCUT2D eigenvalue weighted by Crippen LogP contribution is 2.25. The van der Waals surface area contributed by atoms with E-state index in [1.807, 2.05) is 6.07 Å². The minimum absolute atomic E-state index is 0.00367. The molecular weight excluding hydrogens is 431 g/mol. The van der Waals surface area contributed by atoms with Gasteiger partial charge in [0, 0.05) is 35.5 Å². The Labute approximate surface area is 185 Å². The fourth-order valence-corrected chi connectivity index (χ4v) is 5.21. The molecule has 3 aromatic rings. The molecule has 8 heteroatoms. The number of nitrogens with zero attached hydrogens (tertiary/aromatic N) is 1. The van der Waals surface area contributed by atoms with Gasteiger partial charge < -0.3 is 5.32 Å². The number of halogens is 1. The van der Waals surface area contributed by atoms with Crippen molar-refractivity contribution >= 4 is 27.4 Å². The van der Waals surface area contributed by atoms with Crippen molar-refractivity contribution in [3.63, 3.8) is 0 Å². The number of carbonyl (C=O) groups is 2. The van der Waals surface area contributed by atoms with Crippen LogP contribution < -0.4 is 5.32 Å². The average molecular weight is 453 g/mol. The minimum Gasteiger partial charge on any atom is -0.322 e. The number of benzene rings is 3. The lowest BCUT2D eigenvalue weighted by atomic mass is 10.0. The van der Waals surface area contributed by atoms with Gasteiger partial charge in [-0.05, 0) is 43.2 Å². The number of amides is 1. The van der Waals surface area contributed by atoms with E-state index in [0.717, 1.165) is 25.0 Å². The van der Waals surface area contributed by atoms with Crippen LogP contribution in [0.1, 0.15) is 39.1 Å². The van der Waals surface area contributed by atoms with Crippen molar-refractivity contribution in [2.75, 3.05) is 18.4 Å². The second-order valence-corrected chi connectivity index (χ2v) is 9.39. The van der Waals surface area contributed by atoms with E-state index in [1.54, 1.807) is 48.5 Å². The van der Waals surface area contributed by atoms with Crippen LogP contribution in [0.5, 0.6) is 0 Å². The maximum atomic E-state index is 14.3. The third-order valence-electron chi connectivity index (χ3n) is 5.29. The Morgan fingerprint density at radius 3 is 2.22 bits per heavy atom. The maximum absolute atomic E-state index is 14.3. The fraction of sp³-hybridized carbons (Fsp3) is 0.167. The van der Waals surface area contributed by atoms with Gasteiger partial charge in [0.1, 0.15) is 10.7 Å². The van der Waals surface area contributed by atoms with E-state index >= 15 is 0 Å². The summed E-state index contributed by atoms with van der Waals surface area (Å²) < 4.78 is 41.1. The number of carbonyl (C=O) groups excluding carboxylic acids is 2. The molecule has 0 saturated carbocycles. The summed E-state index contributed by atoms with van der Waals surface area (Å²) >= 11 is 0. The fourth-order valence-electron chi connectivity index (χ4n) is 3.61. The summed E-state index contributed by atoms with van der Waals surface area (Å²) in [7, 11) is -4.01. The van der Waals surface area contributed by atoms with Crippen LogP contribution in [0.2, 0.25) is 0 Å². The number of sulfonamides is 1. The van der Waals surface area contributed by atoms with Crippen molar-refractivity contribution in [3.8, 4) is 0 Å². The molecule has 0 spiro atoms. The molecule has 1 saturated heterocycles. The summed E-state index contributed by atoms with van der Waals surface area (Å²) in [6, 6.07) is 18.4. The zero-order valence-corrected chi connectivity index (χ0v) is 17.9. The molecule has 0 radical (unpaired) electrons. The molecular formula is C24H21FN2O4S. The number of anilines is 1. The Morgan fingerprint density at radius 2 is 1.50 bits per heavy atom. The highest BCUT2D eigenvalue weighted by molar-refractivity contribution is 7.89. The Kier molecular flexibility index (Phi) is 6.16. The third-order valence-corrected chi connectivity index (χ3v) is 7.21. The molecule has 6 nitrogen and oxygen atoms in total. The van der Waals surface area contributed by atoms with E-state index < -0.39 is 26.6 Å². The van der Waals surface area contributed by atoms with Crippen LogP contribution in [0.15, 0.2) is 77.7 Å². The molecule has 0 atom stereocenters. The van der Waals surface area contributed by atoms with Crippen LogP contribution >= 0.6 is 0 Å². The van der Waals surface area contributed by atoms with Crippen molar-refractivity contribution in [3.05, 3.63) is 95.3 Å². The smallest absolute Gasteiger partial charge is 0.255 e. The highest BCUT2D eigenvalue weighted by Gasteiger charge is 2.30. The summed E-state index contributed by atoms with van der Waals surface area (Å²) in [6.07, 6.45) is 1.44. The monoisotopic (exact) mass is 452 g/mol. The molecule has 0 unspecified atom stereocenters. The Balaban J connectivity index is 1.57. The molecule has 164 valence electrons. The summed E-state index contributed by atoms with van der Waals surface area (Å²) in [6.45, 7) is 0.668. The molecule has 1 N–H and O–H groups in total. The Morgan fingerprint density at radius 1 is 0.812 bits per heavy atom. The lowest BCUT2D eigenvalue weighted by Crippen LogP contribution is -2.29. The van der Waals surface area contributed by atoms with Gasteiger partial charge in [-0.2, -0.15) is 4.31 Å². The van der Waals surface area contributed by atoms with E-state index in [-0.39, 0.29) is 11.3 Å². The van der Waals surface area contributed by atoms with Crippen molar-refractivity contribution in [2.45, 2.75) is 17.7 Å². The van der Waals surface area contributed by atoms with Gasteiger partial charge in [-0.3, -0.25) is 9.59 Å². The second kappa shape index (κ2) is 9.02. The summed E-state index contributed by atoms with van der Waals surface area (Å²) in [5, 5.41) is 2.65. The van der Waals surface area contributed by atoms with Gasteiger partial charge in [0.25, 0.3) is 5.91 Å². The minimum atomic E-state index is -4.01. The molecule has 0 aromatic heterocycles. The highest BCUT2D eigenvalue weighted by atomic mass is 32.2. The third kappa shape index (κ3) is 4.46. The number of hydrogen-bond acceptors (Lipinski definition) is 4. The lowest BCUT2D eigenvalue weighted by Gasteiger charge is -2.16. The number of hydrogen-bond donors (Lipinski definition) is 1. The number of rotatable bonds is 6. The van der Waals surface area contributed by atoms with Crippen LogP contribution in [0, 0.1) is 5.82 Å². The SMILES string of the molecule is O=C(Nc1cccc(C(=O)c2ccccc2)c1)c1ccc(F)c(S(=O)(=O)N2CCCC2)c1. The molecule has 1 aliphatic rings. The van der Waals surface area contributed by atoms with Gasteiger partial charge in [0.2, 0.25) is 10.0 Å². The van der Waals surface area contributed by atoms with Crippen molar-refractivity contribution in [1.82, 2.24) is 4.31 Å². The van der Waals surface area contributed by atoms with Gasteiger partial charge in [-0.25, -0.2) is 12.8 Å². The molecule has 1 amide bonds. The summed E-state index contributed by atoms with van der Waals surface area (Å²) in [5.41, 5.74) is 1.28. The van der Waals surface area contributed by atoms with Gasteiger partial charge in [0.15, 0.2) is 5.78 Å². The lowest BCUT2D eigenvalue weighted by molar-refractivity contribution is 0.102. The molecule has 32 heavy (non-hydrogen) atoms. The van der Waals surface area contributed by atoms with Crippen molar-refractivity contribution in [2.24, 2.45) is 0 Å². The first kappa shape index (κ1) is 21.9. The Hall–Kier alpha value is -3.36. The molecule has 0 aliphatic carbocycles. The molecule has 1 aliphatic heterocycles. The van der Waals surface area contributed by atoms with E-state index in [0.29, 0.717) is 29.9 Å². The molecule has 1 fully saturated rings. The Bertz CT molecular complexity index is 1270. The van der Waals surface area contributed by atoms with Gasteiger partial charge in [-0.1, -0.05) is 42.5 Å². The van der Waals surface area contributed by atoms with E-state index in [2.05, 4.69) is 5.32 Å². The van der Waals surface area contributed by atoms with E-state index in [1.165, 1.54) is 10.4 Å². The van der Waals surface area contributed by atoms with Crippen LogP contribution in [0.25, 0.3) is 0 Å². The second-order valence-electron chi connectivity index (χ2n) is 7.49. The largest absolute Gasteiger partial charge is 0.322 e. The van der Waals surface area contributed by atoms with E-state index in [9.17, 15) is 22.4 Å². The van der Waals surface area contributed by atoms with Gasteiger partial charge in [-0.15, -0.1) is 0 Å². The first-order valence-corrected chi connectivity index (χ1v) is 11.6. The first-order chi connectivity index (χ1) is 15.4. The zero-order chi connectivity index (χ0) is 22.7. The van der Waals surface area contributed by atoms with Crippen LogP contribution in [0.3, 0.4) is 0 Å². The predicted molar refractivity (Wildman–Crippen MR) is 119 cm³/mol. The molecule has 3 aromatic carbocycles. The van der Waals surface area contributed by atoms with Crippen LogP contribution in [-0.2, 0) is 10.0 Å². The van der Waals surface area contributed by atoms with Gasteiger partial charge in [0.05, 0.1) is 0 Å². The molecule has 1 heterocycles. The number of nitrogens with one attached hydrogen (secondary N) is 1.